The lowest BCUT2D eigenvalue weighted by Crippen LogP contribution is -2.56. The van der Waals surface area contributed by atoms with Crippen LogP contribution < -0.4 is 0 Å². The summed E-state index contributed by atoms with van der Waals surface area (Å²) in [6.07, 6.45) is 14.4. The molecule has 0 radical (unpaired) electrons. The van der Waals surface area contributed by atoms with E-state index in [0.717, 1.165) is 61.5 Å². The second kappa shape index (κ2) is 8.43. The SMILES string of the molecule is CCCCc1cc(C23CC4CC(C2)CC(c2ccc(O)c(CCCC)c2)(C4)C3)ccc1O. The van der Waals surface area contributed by atoms with Gasteiger partial charge in [-0.2, -0.15) is 0 Å². The molecule has 4 bridgehead atoms. The quantitative estimate of drug-likeness (QED) is 0.451. The Balaban J connectivity index is 1.52. The van der Waals surface area contributed by atoms with E-state index in [1.807, 2.05) is 12.1 Å². The van der Waals surface area contributed by atoms with Crippen LogP contribution in [-0.2, 0) is 23.7 Å². The van der Waals surface area contributed by atoms with Gasteiger partial charge < -0.3 is 10.2 Å². The first kappa shape index (κ1) is 21.9. The highest BCUT2D eigenvalue weighted by Crippen LogP contribution is 2.66. The summed E-state index contributed by atoms with van der Waals surface area (Å²) < 4.78 is 0. The van der Waals surface area contributed by atoms with Crippen molar-refractivity contribution < 1.29 is 10.2 Å². The molecule has 0 spiro atoms. The van der Waals surface area contributed by atoms with Crippen LogP contribution >= 0.6 is 0 Å². The predicted molar refractivity (Wildman–Crippen MR) is 131 cm³/mol. The zero-order valence-corrected chi connectivity index (χ0v) is 20.0. The Morgan fingerprint density at radius 2 is 1.16 bits per heavy atom. The van der Waals surface area contributed by atoms with Crippen molar-refractivity contribution in [3.63, 3.8) is 0 Å². The van der Waals surface area contributed by atoms with E-state index in [1.54, 1.807) is 0 Å². The third kappa shape index (κ3) is 3.74. The van der Waals surface area contributed by atoms with Crippen molar-refractivity contribution in [2.24, 2.45) is 11.8 Å². The Kier molecular flexibility index (Phi) is 5.76. The smallest absolute Gasteiger partial charge is 0.118 e. The Labute approximate surface area is 194 Å². The Morgan fingerprint density at radius 3 is 1.56 bits per heavy atom. The first-order valence-electron chi connectivity index (χ1n) is 13.1. The van der Waals surface area contributed by atoms with Gasteiger partial charge >= 0.3 is 0 Å². The van der Waals surface area contributed by atoms with Crippen LogP contribution in [0.4, 0.5) is 0 Å². The largest absolute Gasteiger partial charge is 0.508 e. The normalized spacial score (nSPS) is 30.7. The van der Waals surface area contributed by atoms with Gasteiger partial charge in [0.25, 0.3) is 0 Å². The lowest BCUT2D eigenvalue weighted by Gasteiger charge is -2.63. The van der Waals surface area contributed by atoms with Gasteiger partial charge in [-0.05, 0) is 121 Å². The van der Waals surface area contributed by atoms with Crippen molar-refractivity contribution in [2.45, 2.75) is 102 Å². The standard InChI is InChI=1S/C30H40O2/c1-3-5-7-23-14-25(9-11-27(23)31)29-16-21-13-22(17-29)19-30(18-21,20-29)26-10-12-28(32)24(15-26)8-6-4-2/h9-12,14-15,21-22,31-32H,3-8,13,16-20H2,1-2H3. The van der Waals surface area contributed by atoms with Crippen molar-refractivity contribution in [3.05, 3.63) is 58.7 Å². The van der Waals surface area contributed by atoms with Gasteiger partial charge in [-0.25, -0.2) is 0 Å². The number of hydrogen-bond acceptors (Lipinski definition) is 2. The van der Waals surface area contributed by atoms with Crippen LogP contribution in [0.1, 0.15) is 100 Å². The molecule has 0 unspecified atom stereocenters. The molecule has 6 rings (SSSR count). The van der Waals surface area contributed by atoms with E-state index in [0.29, 0.717) is 11.5 Å². The molecule has 0 aromatic heterocycles. The number of benzene rings is 2. The molecule has 0 atom stereocenters. The molecule has 2 heteroatoms. The highest BCUT2D eigenvalue weighted by atomic mass is 16.3. The minimum Gasteiger partial charge on any atom is -0.508 e. The molecule has 2 aromatic carbocycles. The molecule has 4 aliphatic rings. The monoisotopic (exact) mass is 432 g/mol. The van der Waals surface area contributed by atoms with Crippen molar-refractivity contribution in [3.8, 4) is 11.5 Å². The average molecular weight is 433 g/mol. The molecule has 32 heavy (non-hydrogen) atoms. The number of aromatic hydroxyl groups is 2. The fourth-order valence-corrected chi connectivity index (χ4v) is 7.90. The number of phenols is 2. The molecular formula is C30H40O2. The van der Waals surface area contributed by atoms with Crippen molar-refractivity contribution in [1.82, 2.24) is 0 Å². The number of unbranched alkanes of at least 4 members (excludes halogenated alkanes) is 2. The Morgan fingerprint density at radius 1 is 0.719 bits per heavy atom. The van der Waals surface area contributed by atoms with Gasteiger partial charge in [0, 0.05) is 0 Å². The van der Waals surface area contributed by atoms with E-state index in [1.165, 1.54) is 49.7 Å². The number of phenolic OH excluding ortho intramolecular Hbond substituents is 2. The third-order valence-corrected chi connectivity index (χ3v) is 9.04. The van der Waals surface area contributed by atoms with E-state index in [-0.39, 0.29) is 10.8 Å². The van der Waals surface area contributed by atoms with E-state index >= 15 is 0 Å². The molecule has 172 valence electrons. The average Bonchev–Trinajstić information content (AvgIpc) is 2.77. The zero-order chi connectivity index (χ0) is 22.3. The molecule has 4 fully saturated rings. The van der Waals surface area contributed by atoms with Gasteiger partial charge in [0.2, 0.25) is 0 Å². The van der Waals surface area contributed by atoms with Crippen LogP contribution in [0.15, 0.2) is 36.4 Å². The molecule has 4 saturated carbocycles. The van der Waals surface area contributed by atoms with E-state index in [9.17, 15) is 10.2 Å². The third-order valence-electron chi connectivity index (χ3n) is 9.04. The van der Waals surface area contributed by atoms with Gasteiger partial charge in [0.1, 0.15) is 11.5 Å². The molecule has 0 saturated heterocycles. The molecule has 4 aliphatic carbocycles. The summed E-state index contributed by atoms with van der Waals surface area (Å²) in [5.41, 5.74) is 5.73. The van der Waals surface area contributed by atoms with E-state index in [4.69, 9.17) is 0 Å². The Bertz CT molecular complexity index is 885. The van der Waals surface area contributed by atoms with Crippen molar-refractivity contribution in [2.75, 3.05) is 0 Å². The predicted octanol–water partition coefficient (Wildman–Crippen LogP) is 7.57. The van der Waals surface area contributed by atoms with Gasteiger partial charge in [0.15, 0.2) is 0 Å². The lowest BCUT2D eigenvalue weighted by atomic mass is 9.41. The van der Waals surface area contributed by atoms with Gasteiger partial charge in [-0.3, -0.25) is 0 Å². The fourth-order valence-electron chi connectivity index (χ4n) is 7.90. The molecule has 2 nitrogen and oxygen atoms in total. The first-order valence-corrected chi connectivity index (χ1v) is 13.1. The highest BCUT2D eigenvalue weighted by molar-refractivity contribution is 5.45. The van der Waals surface area contributed by atoms with Gasteiger partial charge in [-0.15, -0.1) is 0 Å². The van der Waals surface area contributed by atoms with Crippen LogP contribution in [0, 0.1) is 11.8 Å². The van der Waals surface area contributed by atoms with Crippen molar-refractivity contribution >= 4 is 0 Å². The second-order valence-corrected chi connectivity index (χ2v) is 11.4. The maximum absolute atomic E-state index is 10.5. The maximum Gasteiger partial charge on any atom is 0.118 e. The molecule has 0 amide bonds. The van der Waals surface area contributed by atoms with Crippen LogP contribution in [0.5, 0.6) is 11.5 Å². The fraction of sp³-hybridized carbons (Fsp3) is 0.600. The highest BCUT2D eigenvalue weighted by Gasteiger charge is 2.58. The second-order valence-electron chi connectivity index (χ2n) is 11.4. The minimum absolute atomic E-state index is 0.250. The summed E-state index contributed by atoms with van der Waals surface area (Å²) in [6.45, 7) is 4.44. The van der Waals surface area contributed by atoms with Crippen LogP contribution in [0.3, 0.4) is 0 Å². The van der Waals surface area contributed by atoms with Crippen LogP contribution in [0.2, 0.25) is 0 Å². The number of rotatable bonds is 8. The van der Waals surface area contributed by atoms with Crippen molar-refractivity contribution in [1.29, 1.82) is 0 Å². The minimum atomic E-state index is 0.250. The van der Waals surface area contributed by atoms with Gasteiger partial charge in [0.05, 0.1) is 0 Å². The van der Waals surface area contributed by atoms with E-state index < -0.39 is 0 Å². The first-order chi connectivity index (χ1) is 15.5. The molecule has 0 aliphatic heterocycles. The van der Waals surface area contributed by atoms with E-state index in [2.05, 4.69) is 38.1 Å². The maximum atomic E-state index is 10.5. The summed E-state index contributed by atoms with van der Waals surface area (Å²) in [4.78, 5) is 0. The van der Waals surface area contributed by atoms with Crippen LogP contribution in [-0.4, -0.2) is 10.2 Å². The summed E-state index contributed by atoms with van der Waals surface area (Å²) in [5.74, 6) is 2.55. The summed E-state index contributed by atoms with van der Waals surface area (Å²) >= 11 is 0. The van der Waals surface area contributed by atoms with Gasteiger partial charge in [-0.1, -0.05) is 51.0 Å². The Hall–Kier alpha value is -1.96. The topological polar surface area (TPSA) is 40.5 Å². The number of aryl methyl sites for hydroxylation is 2. The lowest BCUT2D eigenvalue weighted by molar-refractivity contribution is -0.0282. The molecule has 0 heterocycles. The zero-order valence-electron chi connectivity index (χ0n) is 20.0. The summed E-state index contributed by atoms with van der Waals surface area (Å²) in [6, 6.07) is 13.1. The van der Waals surface area contributed by atoms with Crippen LogP contribution in [0.25, 0.3) is 0 Å². The molecular weight excluding hydrogens is 392 g/mol. The summed E-state index contributed by atoms with van der Waals surface area (Å²) in [7, 11) is 0. The molecule has 2 aromatic rings. The molecule has 2 N–H and O–H groups in total. The number of hydrogen-bond donors (Lipinski definition) is 2. The summed E-state index contributed by atoms with van der Waals surface area (Å²) in [5, 5.41) is 21.0.